The fourth-order valence-corrected chi connectivity index (χ4v) is 2.35. The maximum absolute atomic E-state index is 13.7. The van der Waals surface area contributed by atoms with Crippen LogP contribution >= 0.6 is 24.0 Å². The fourth-order valence-electron chi connectivity index (χ4n) is 2.35. The Balaban J connectivity index is 0.00000338. The molecule has 26 heavy (non-hydrogen) atoms. The largest absolute Gasteiger partial charge is 0.357 e. The van der Waals surface area contributed by atoms with Crippen LogP contribution in [0.2, 0.25) is 0 Å². The van der Waals surface area contributed by atoms with Crippen molar-refractivity contribution in [2.24, 2.45) is 4.99 Å². The average molecular weight is 475 g/mol. The summed E-state index contributed by atoms with van der Waals surface area (Å²) in [6.07, 6.45) is 1.51. The highest BCUT2D eigenvalue weighted by Crippen LogP contribution is 2.16. The zero-order valence-electron chi connectivity index (χ0n) is 15.7. The van der Waals surface area contributed by atoms with Gasteiger partial charge in [-0.25, -0.2) is 4.39 Å². The first-order chi connectivity index (χ1) is 12.0. The van der Waals surface area contributed by atoms with Crippen molar-refractivity contribution in [2.75, 3.05) is 13.1 Å². The van der Waals surface area contributed by atoms with Gasteiger partial charge in [0.1, 0.15) is 5.82 Å². The molecule has 0 saturated heterocycles. The number of aromatic nitrogens is 2. The third-order valence-electron chi connectivity index (χ3n) is 3.78. The fraction of sp³-hybridized carbons (Fsp3) is 0.500. The lowest BCUT2D eigenvalue weighted by Gasteiger charge is -2.18. The topological polar surface area (TPSA) is 75.3 Å². The molecule has 8 heteroatoms. The lowest BCUT2D eigenvalue weighted by molar-refractivity contribution is 0.372. The predicted molar refractivity (Wildman–Crippen MR) is 111 cm³/mol. The van der Waals surface area contributed by atoms with Gasteiger partial charge in [-0.05, 0) is 51.3 Å². The van der Waals surface area contributed by atoms with Crippen LogP contribution < -0.4 is 10.6 Å². The summed E-state index contributed by atoms with van der Waals surface area (Å²) in [4.78, 5) is 8.73. The van der Waals surface area contributed by atoms with Gasteiger partial charge in [-0.15, -0.1) is 24.0 Å². The van der Waals surface area contributed by atoms with Gasteiger partial charge in [0.15, 0.2) is 11.8 Å². The van der Waals surface area contributed by atoms with Gasteiger partial charge in [0, 0.05) is 19.5 Å². The quantitative estimate of drug-likeness (QED) is 0.277. The summed E-state index contributed by atoms with van der Waals surface area (Å²) in [6.45, 7) is 8.93. The van der Waals surface area contributed by atoms with Gasteiger partial charge in [0.05, 0.1) is 6.04 Å². The number of hydrogen-bond donors (Lipinski definition) is 2. The second kappa shape index (κ2) is 11.1. The molecule has 2 N–H and O–H groups in total. The Morgan fingerprint density at radius 3 is 2.73 bits per heavy atom. The number of rotatable bonds is 7. The van der Waals surface area contributed by atoms with E-state index in [0.29, 0.717) is 36.2 Å². The van der Waals surface area contributed by atoms with Crippen LogP contribution in [0.25, 0.3) is 0 Å². The molecule has 2 aromatic rings. The molecule has 6 nitrogen and oxygen atoms in total. The summed E-state index contributed by atoms with van der Waals surface area (Å²) >= 11 is 0. The van der Waals surface area contributed by atoms with Crippen molar-refractivity contribution in [3.05, 3.63) is 46.9 Å². The van der Waals surface area contributed by atoms with Gasteiger partial charge in [-0.1, -0.05) is 17.3 Å². The predicted octanol–water partition coefficient (Wildman–Crippen LogP) is 3.69. The first-order valence-corrected chi connectivity index (χ1v) is 8.59. The van der Waals surface area contributed by atoms with E-state index >= 15 is 0 Å². The highest BCUT2D eigenvalue weighted by atomic mass is 127. The maximum atomic E-state index is 13.7. The van der Waals surface area contributed by atoms with Gasteiger partial charge in [0.25, 0.3) is 0 Å². The molecule has 0 spiro atoms. The molecule has 0 saturated carbocycles. The molecule has 1 aromatic heterocycles. The minimum atomic E-state index is -0.192. The Kier molecular flexibility index (Phi) is 9.53. The first kappa shape index (κ1) is 22.3. The molecule has 1 heterocycles. The SMILES string of the molecule is CCNC(=NCCCc1nc(C)no1)NC(C)c1ccc(C)c(F)c1.I. The van der Waals surface area contributed by atoms with Crippen molar-refractivity contribution in [3.63, 3.8) is 0 Å². The monoisotopic (exact) mass is 475 g/mol. The zero-order valence-corrected chi connectivity index (χ0v) is 18.0. The van der Waals surface area contributed by atoms with Crippen molar-refractivity contribution in [1.29, 1.82) is 0 Å². The number of nitrogens with zero attached hydrogens (tertiary/aromatic N) is 3. The molecule has 144 valence electrons. The third kappa shape index (κ3) is 6.89. The minimum Gasteiger partial charge on any atom is -0.357 e. The molecular weight excluding hydrogens is 448 g/mol. The summed E-state index contributed by atoms with van der Waals surface area (Å²) in [5, 5.41) is 10.3. The van der Waals surface area contributed by atoms with Gasteiger partial charge < -0.3 is 15.2 Å². The van der Waals surface area contributed by atoms with Crippen LogP contribution in [-0.2, 0) is 6.42 Å². The Hall–Kier alpha value is -1.71. The number of benzene rings is 1. The average Bonchev–Trinajstić information content (AvgIpc) is 2.99. The molecule has 0 aliphatic rings. The van der Waals surface area contributed by atoms with Gasteiger partial charge >= 0.3 is 0 Å². The number of aryl methyl sites for hydroxylation is 3. The van der Waals surface area contributed by atoms with E-state index in [4.69, 9.17) is 4.52 Å². The molecule has 2 rings (SSSR count). The molecule has 1 aromatic carbocycles. The van der Waals surface area contributed by atoms with Crippen molar-refractivity contribution in [1.82, 2.24) is 20.8 Å². The van der Waals surface area contributed by atoms with Crippen LogP contribution in [0.5, 0.6) is 0 Å². The normalized spacial score (nSPS) is 12.4. The van der Waals surface area contributed by atoms with Crippen LogP contribution in [0, 0.1) is 19.7 Å². The van der Waals surface area contributed by atoms with E-state index in [9.17, 15) is 4.39 Å². The van der Waals surface area contributed by atoms with E-state index in [-0.39, 0.29) is 35.8 Å². The Labute approximate surface area is 171 Å². The van der Waals surface area contributed by atoms with E-state index < -0.39 is 0 Å². The van der Waals surface area contributed by atoms with E-state index in [1.54, 1.807) is 26.0 Å². The number of halogens is 2. The number of nitrogens with one attached hydrogen (secondary N) is 2. The molecule has 0 fully saturated rings. The number of aliphatic imine (C=N–C) groups is 1. The Morgan fingerprint density at radius 1 is 1.35 bits per heavy atom. The molecule has 0 radical (unpaired) electrons. The van der Waals surface area contributed by atoms with Gasteiger partial charge in [0.2, 0.25) is 5.89 Å². The third-order valence-corrected chi connectivity index (χ3v) is 3.78. The molecule has 1 atom stereocenters. The molecule has 0 aliphatic heterocycles. The second-order valence-electron chi connectivity index (χ2n) is 5.97. The smallest absolute Gasteiger partial charge is 0.226 e. The van der Waals surface area contributed by atoms with Crippen LogP contribution in [0.15, 0.2) is 27.7 Å². The summed E-state index contributed by atoms with van der Waals surface area (Å²) in [6, 6.07) is 5.23. The van der Waals surface area contributed by atoms with E-state index in [1.807, 2.05) is 19.9 Å². The first-order valence-electron chi connectivity index (χ1n) is 8.59. The van der Waals surface area contributed by atoms with E-state index in [0.717, 1.165) is 18.5 Å². The van der Waals surface area contributed by atoms with Crippen molar-refractivity contribution >= 4 is 29.9 Å². The summed E-state index contributed by atoms with van der Waals surface area (Å²) in [7, 11) is 0. The van der Waals surface area contributed by atoms with Crippen LogP contribution in [0.1, 0.15) is 49.2 Å². The zero-order chi connectivity index (χ0) is 18.2. The van der Waals surface area contributed by atoms with Crippen molar-refractivity contribution in [3.8, 4) is 0 Å². The van der Waals surface area contributed by atoms with Crippen LogP contribution in [0.3, 0.4) is 0 Å². The van der Waals surface area contributed by atoms with Crippen molar-refractivity contribution < 1.29 is 8.91 Å². The standard InChI is InChI=1S/C18H26FN5O.HI/c1-5-20-18(21-10-6-7-17-23-14(4)24-25-17)22-13(3)15-9-8-12(2)16(19)11-15;/h8-9,11,13H,5-7,10H2,1-4H3,(H2,20,21,22);1H. The summed E-state index contributed by atoms with van der Waals surface area (Å²) in [5.74, 6) is 1.79. The number of hydrogen-bond acceptors (Lipinski definition) is 4. The highest BCUT2D eigenvalue weighted by Gasteiger charge is 2.10. The van der Waals surface area contributed by atoms with E-state index in [1.165, 1.54) is 0 Å². The molecule has 0 bridgehead atoms. The molecule has 0 aliphatic carbocycles. The molecule has 0 amide bonds. The minimum absolute atomic E-state index is 0. The van der Waals surface area contributed by atoms with E-state index in [2.05, 4.69) is 25.8 Å². The lowest BCUT2D eigenvalue weighted by Crippen LogP contribution is -2.38. The van der Waals surface area contributed by atoms with Crippen LogP contribution in [0.4, 0.5) is 4.39 Å². The highest BCUT2D eigenvalue weighted by molar-refractivity contribution is 14.0. The van der Waals surface area contributed by atoms with Crippen LogP contribution in [-0.4, -0.2) is 29.2 Å². The summed E-state index contributed by atoms with van der Waals surface area (Å²) < 4.78 is 18.8. The van der Waals surface area contributed by atoms with Crippen molar-refractivity contribution in [2.45, 2.75) is 46.6 Å². The Morgan fingerprint density at radius 2 is 2.12 bits per heavy atom. The maximum Gasteiger partial charge on any atom is 0.226 e. The lowest BCUT2D eigenvalue weighted by atomic mass is 10.1. The van der Waals surface area contributed by atoms with Gasteiger partial charge in [-0.3, -0.25) is 4.99 Å². The second-order valence-corrected chi connectivity index (χ2v) is 5.97. The number of guanidine groups is 1. The molecule has 1 unspecified atom stereocenters. The van der Waals surface area contributed by atoms with Gasteiger partial charge in [-0.2, -0.15) is 4.98 Å². The summed E-state index contributed by atoms with van der Waals surface area (Å²) in [5.41, 5.74) is 1.53. The molecular formula is C18H27FIN5O. The Bertz CT molecular complexity index is 719.